The summed E-state index contributed by atoms with van der Waals surface area (Å²) in [6.45, 7) is 1.76. The van der Waals surface area contributed by atoms with Gasteiger partial charge in [0.05, 0.1) is 0 Å². The first-order chi connectivity index (χ1) is 8.31. The van der Waals surface area contributed by atoms with Gasteiger partial charge < -0.3 is 15.8 Å². The summed E-state index contributed by atoms with van der Waals surface area (Å²) >= 11 is 0. The van der Waals surface area contributed by atoms with E-state index in [0.717, 1.165) is 38.0 Å². The fraction of sp³-hybridized carbons (Fsp3) is 0.615. The maximum atomic E-state index is 5.89. The van der Waals surface area contributed by atoms with E-state index in [0.29, 0.717) is 17.8 Å². The first-order valence-corrected chi connectivity index (χ1v) is 6.25. The Morgan fingerprint density at radius 2 is 2.29 bits per heavy atom. The quantitative estimate of drug-likeness (QED) is 0.824. The highest BCUT2D eigenvalue weighted by Crippen LogP contribution is 2.22. The number of ether oxygens (including phenoxy) is 1. The molecule has 0 aliphatic carbocycles. The fourth-order valence-corrected chi connectivity index (χ4v) is 2.48. The second-order valence-corrected chi connectivity index (χ2v) is 4.60. The predicted octanol–water partition coefficient (Wildman–Crippen LogP) is 1.22. The molecule has 1 aromatic heterocycles. The molecular weight excluding hydrogens is 214 g/mol. The van der Waals surface area contributed by atoms with E-state index in [1.165, 1.54) is 0 Å². The summed E-state index contributed by atoms with van der Waals surface area (Å²) < 4.78 is 5.40. The van der Waals surface area contributed by atoms with Crippen LogP contribution in [0.1, 0.15) is 18.4 Å². The molecule has 1 aliphatic rings. The molecule has 0 radical (unpaired) electrons. The van der Waals surface area contributed by atoms with Crippen LogP contribution >= 0.6 is 0 Å². The third-order valence-electron chi connectivity index (χ3n) is 3.57. The largest absolute Gasteiger partial charge is 0.383 e. The molecule has 1 aliphatic heterocycles. The van der Waals surface area contributed by atoms with E-state index in [9.17, 15) is 0 Å². The maximum Gasteiger partial charge on any atom is 0.126 e. The molecule has 2 heterocycles. The van der Waals surface area contributed by atoms with Crippen LogP contribution in [-0.4, -0.2) is 31.3 Å². The molecule has 3 N–H and O–H groups in total. The molecule has 4 heteroatoms. The van der Waals surface area contributed by atoms with E-state index in [4.69, 9.17) is 10.5 Å². The van der Waals surface area contributed by atoms with Gasteiger partial charge in [-0.2, -0.15) is 0 Å². The highest BCUT2D eigenvalue weighted by atomic mass is 16.5. The van der Waals surface area contributed by atoms with Gasteiger partial charge in [0, 0.05) is 25.5 Å². The van der Waals surface area contributed by atoms with E-state index in [1.807, 2.05) is 13.1 Å². The first kappa shape index (κ1) is 12.3. The summed E-state index contributed by atoms with van der Waals surface area (Å²) in [5.41, 5.74) is 7.03. The minimum atomic E-state index is 0.463. The number of likely N-dealkylation sites (N-methyl/N-ethyl adjacent to an activating group) is 1. The zero-order chi connectivity index (χ0) is 12.1. The lowest BCUT2D eigenvalue weighted by atomic mass is 9.88. The predicted molar refractivity (Wildman–Crippen MR) is 68.7 cm³/mol. The first-order valence-electron chi connectivity index (χ1n) is 6.25. The van der Waals surface area contributed by atoms with Crippen molar-refractivity contribution in [3.05, 3.63) is 23.9 Å². The van der Waals surface area contributed by atoms with Gasteiger partial charge in [-0.3, -0.25) is 0 Å². The number of pyridine rings is 1. The van der Waals surface area contributed by atoms with Crippen LogP contribution in [0.2, 0.25) is 0 Å². The number of anilines is 1. The van der Waals surface area contributed by atoms with E-state index in [2.05, 4.69) is 16.4 Å². The zero-order valence-corrected chi connectivity index (χ0v) is 10.4. The summed E-state index contributed by atoms with van der Waals surface area (Å²) in [7, 11) is 2.02. The van der Waals surface area contributed by atoms with E-state index >= 15 is 0 Å². The van der Waals surface area contributed by atoms with Crippen LogP contribution in [0.4, 0.5) is 5.82 Å². The van der Waals surface area contributed by atoms with Crippen LogP contribution in [0.25, 0.3) is 0 Å². The Bertz CT molecular complexity index is 350. The number of hydrogen-bond acceptors (Lipinski definition) is 4. The van der Waals surface area contributed by atoms with Crippen LogP contribution in [0, 0.1) is 5.92 Å². The lowest BCUT2D eigenvalue weighted by Gasteiger charge is -2.30. The number of nitrogens with zero attached hydrogens (tertiary/aromatic N) is 1. The molecule has 0 aromatic carbocycles. The number of aromatic nitrogens is 1. The van der Waals surface area contributed by atoms with Crippen LogP contribution in [-0.2, 0) is 11.2 Å². The van der Waals surface area contributed by atoms with Crippen LogP contribution in [0.3, 0.4) is 0 Å². The standard InChI is InChI=1S/C13H21N3O/c1-15-12(10-4-7-17-8-5-10)9-11-3-2-6-16-13(11)14/h2-3,6,10,12,15H,4-5,7-9H2,1H3,(H2,14,16). The molecule has 0 saturated carbocycles. The highest BCUT2D eigenvalue weighted by Gasteiger charge is 2.23. The third-order valence-corrected chi connectivity index (χ3v) is 3.57. The maximum absolute atomic E-state index is 5.89. The topological polar surface area (TPSA) is 60.2 Å². The molecule has 4 nitrogen and oxygen atoms in total. The lowest BCUT2D eigenvalue weighted by Crippen LogP contribution is -2.38. The van der Waals surface area contributed by atoms with Gasteiger partial charge in [0.25, 0.3) is 0 Å². The van der Waals surface area contributed by atoms with E-state index in [-0.39, 0.29) is 0 Å². The number of nitrogens with two attached hydrogens (primary N) is 1. The summed E-state index contributed by atoms with van der Waals surface area (Å²) in [4.78, 5) is 4.14. The van der Waals surface area contributed by atoms with Crippen molar-refractivity contribution in [3.63, 3.8) is 0 Å². The smallest absolute Gasteiger partial charge is 0.126 e. The third kappa shape index (κ3) is 3.17. The van der Waals surface area contributed by atoms with Crippen molar-refractivity contribution < 1.29 is 4.74 Å². The lowest BCUT2D eigenvalue weighted by molar-refractivity contribution is 0.0548. The minimum Gasteiger partial charge on any atom is -0.383 e. The SMILES string of the molecule is CNC(Cc1cccnc1N)C1CCOCC1. The Hall–Kier alpha value is -1.13. The molecule has 0 bridgehead atoms. The van der Waals surface area contributed by atoms with Crippen LogP contribution in [0.5, 0.6) is 0 Å². The van der Waals surface area contributed by atoms with Gasteiger partial charge in [-0.1, -0.05) is 6.07 Å². The molecule has 17 heavy (non-hydrogen) atoms. The summed E-state index contributed by atoms with van der Waals surface area (Å²) in [6.07, 6.45) is 4.94. The number of nitrogens with one attached hydrogen (secondary N) is 1. The average Bonchev–Trinajstić information content (AvgIpc) is 2.39. The molecule has 1 atom stereocenters. The number of nitrogen functional groups attached to an aromatic ring is 1. The molecule has 1 aromatic rings. The molecule has 0 amide bonds. The van der Waals surface area contributed by atoms with Gasteiger partial charge in [-0.05, 0) is 43.9 Å². The van der Waals surface area contributed by atoms with Gasteiger partial charge in [-0.25, -0.2) is 4.98 Å². The van der Waals surface area contributed by atoms with Crippen molar-refractivity contribution in [2.24, 2.45) is 5.92 Å². The number of hydrogen-bond donors (Lipinski definition) is 2. The Kier molecular flexibility index (Phi) is 4.34. The molecule has 2 rings (SSSR count). The van der Waals surface area contributed by atoms with Gasteiger partial charge in [-0.15, -0.1) is 0 Å². The van der Waals surface area contributed by atoms with Crippen molar-refractivity contribution >= 4 is 5.82 Å². The van der Waals surface area contributed by atoms with Gasteiger partial charge in [0.1, 0.15) is 5.82 Å². The van der Waals surface area contributed by atoms with Crippen molar-refractivity contribution in [2.45, 2.75) is 25.3 Å². The zero-order valence-electron chi connectivity index (χ0n) is 10.4. The second-order valence-electron chi connectivity index (χ2n) is 4.60. The van der Waals surface area contributed by atoms with Crippen molar-refractivity contribution in [1.29, 1.82) is 0 Å². The molecule has 1 fully saturated rings. The fourth-order valence-electron chi connectivity index (χ4n) is 2.48. The van der Waals surface area contributed by atoms with Crippen molar-refractivity contribution in [1.82, 2.24) is 10.3 Å². The Morgan fingerprint density at radius 1 is 1.53 bits per heavy atom. The summed E-state index contributed by atoms with van der Waals surface area (Å²) in [5.74, 6) is 1.33. The Labute approximate surface area is 103 Å². The normalized spacial score (nSPS) is 19.1. The molecular formula is C13H21N3O. The van der Waals surface area contributed by atoms with Gasteiger partial charge in [0.15, 0.2) is 0 Å². The van der Waals surface area contributed by atoms with Crippen molar-refractivity contribution in [2.75, 3.05) is 26.0 Å². The summed E-state index contributed by atoms with van der Waals surface area (Å²) in [5, 5.41) is 3.41. The summed E-state index contributed by atoms with van der Waals surface area (Å²) in [6, 6.07) is 4.47. The Morgan fingerprint density at radius 3 is 2.94 bits per heavy atom. The average molecular weight is 235 g/mol. The van der Waals surface area contributed by atoms with E-state index < -0.39 is 0 Å². The molecule has 1 unspecified atom stereocenters. The molecule has 1 saturated heterocycles. The highest BCUT2D eigenvalue weighted by molar-refractivity contribution is 5.38. The molecule has 94 valence electrons. The van der Waals surface area contributed by atoms with Gasteiger partial charge in [0.2, 0.25) is 0 Å². The second kappa shape index (κ2) is 5.98. The Balaban J connectivity index is 2.01. The minimum absolute atomic E-state index is 0.463. The van der Waals surface area contributed by atoms with Crippen molar-refractivity contribution in [3.8, 4) is 0 Å². The monoisotopic (exact) mass is 235 g/mol. The van der Waals surface area contributed by atoms with Crippen LogP contribution in [0.15, 0.2) is 18.3 Å². The molecule has 0 spiro atoms. The van der Waals surface area contributed by atoms with Crippen LogP contribution < -0.4 is 11.1 Å². The van der Waals surface area contributed by atoms with Gasteiger partial charge >= 0.3 is 0 Å². The van der Waals surface area contributed by atoms with E-state index in [1.54, 1.807) is 6.20 Å². The number of rotatable bonds is 4.